The van der Waals surface area contributed by atoms with Crippen molar-refractivity contribution in [2.24, 2.45) is 0 Å². The summed E-state index contributed by atoms with van der Waals surface area (Å²) in [6.45, 7) is 0. The van der Waals surface area contributed by atoms with Crippen molar-refractivity contribution in [1.82, 2.24) is 4.98 Å². The molecule has 0 unspecified atom stereocenters. The molecule has 0 aliphatic carbocycles. The topological polar surface area (TPSA) is 50.9 Å². The van der Waals surface area contributed by atoms with Crippen LogP contribution in [0.4, 0.5) is 20.9 Å². The third-order valence-electron chi connectivity index (χ3n) is 2.59. The van der Waals surface area contributed by atoms with Gasteiger partial charge in [-0.2, -0.15) is 0 Å². The lowest BCUT2D eigenvalue weighted by molar-refractivity contribution is 0.627. The third-order valence-corrected chi connectivity index (χ3v) is 4.41. The first kappa shape index (κ1) is 12.6. The Bertz CT molecular complexity index is 757. The molecule has 3 nitrogen and oxygen atoms in total. The molecule has 0 saturated heterocycles. The van der Waals surface area contributed by atoms with Gasteiger partial charge in [0.05, 0.1) is 15.9 Å². The molecule has 6 heteroatoms. The Morgan fingerprint density at radius 2 is 2.05 bits per heavy atom. The molecule has 0 amide bonds. The van der Waals surface area contributed by atoms with Crippen molar-refractivity contribution in [3.8, 4) is 0 Å². The Morgan fingerprint density at radius 3 is 2.84 bits per heavy atom. The molecule has 0 saturated carbocycles. The smallest absolute Gasteiger partial charge is 0.188 e. The summed E-state index contributed by atoms with van der Waals surface area (Å²) in [4.78, 5) is 4.47. The Balaban J connectivity index is 1.96. The van der Waals surface area contributed by atoms with E-state index >= 15 is 0 Å². The first-order valence-electron chi connectivity index (χ1n) is 5.50. The van der Waals surface area contributed by atoms with Gasteiger partial charge in [0.15, 0.2) is 5.13 Å². The van der Waals surface area contributed by atoms with Gasteiger partial charge in [0.25, 0.3) is 0 Å². The lowest BCUT2D eigenvalue weighted by atomic mass is 10.3. The fourth-order valence-corrected chi connectivity index (χ4v) is 3.24. The van der Waals surface area contributed by atoms with E-state index in [0.29, 0.717) is 0 Å². The summed E-state index contributed by atoms with van der Waals surface area (Å²) >= 11 is 3.61. The molecule has 96 valence electrons. The predicted octanol–water partition coefficient (Wildman–Crippen LogP) is 4.37. The second-order valence-electron chi connectivity index (χ2n) is 4.00. The van der Waals surface area contributed by atoms with Crippen LogP contribution in [0.2, 0.25) is 0 Å². The van der Waals surface area contributed by atoms with Gasteiger partial charge in [-0.1, -0.05) is 11.3 Å². The summed E-state index contributed by atoms with van der Waals surface area (Å²) < 4.78 is 14.9. The zero-order valence-electron chi connectivity index (χ0n) is 9.65. The van der Waals surface area contributed by atoms with Gasteiger partial charge >= 0.3 is 0 Å². The number of nitrogen functional groups attached to an aromatic ring is 1. The Morgan fingerprint density at radius 1 is 1.21 bits per heavy atom. The molecule has 0 atom stereocenters. The van der Waals surface area contributed by atoms with Crippen molar-refractivity contribution in [3.63, 3.8) is 0 Å². The summed E-state index contributed by atoms with van der Waals surface area (Å²) in [5, 5.41) is 3.97. The number of halogens is 2. The van der Waals surface area contributed by atoms with Gasteiger partial charge in [-0.25, -0.2) is 9.37 Å². The normalized spacial score (nSPS) is 10.8. The van der Waals surface area contributed by atoms with Crippen molar-refractivity contribution >= 4 is 60.7 Å². The lowest BCUT2D eigenvalue weighted by Gasteiger charge is -2.04. The van der Waals surface area contributed by atoms with Crippen molar-refractivity contribution in [3.05, 3.63) is 45.8 Å². The molecule has 3 N–H and O–H groups in total. The molecule has 2 aromatic carbocycles. The molecule has 0 bridgehead atoms. The Kier molecular flexibility index (Phi) is 3.28. The number of rotatable bonds is 2. The fourth-order valence-electron chi connectivity index (χ4n) is 1.70. The van der Waals surface area contributed by atoms with E-state index < -0.39 is 0 Å². The highest BCUT2D eigenvalue weighted by Gasteiger charge is 2.07. The van der Waals surface area contributed by atoms with E-state index in [0.717, 1.165) is 30.3 Å². The lowest BCUT2D eigenvalue weighted by Crippen LogP contribution is -1.92. The summed E-state index contributed by atoms with van der Waals surface area (Å²) in [6, 6.07) is 10.2. The highest BCUT2D eigenvalue weighted by molar-refractivity contribution is 14.1. The quantitative estimate of drug-likeness (QED) is 0.509. The van der Waals surface area contributed by atoms with Gasteiger partial charge in [-0.3, -0.25) is 0 Å². The first-order valence-corrected chi connectivity index (χ1v) is 7.39. The van der Waals surface area contributed by atoms with E-state index in [9.17, 15) is 4.39 Å². The number of nitrogens with two attached hydrogens (primary N) is 1. The maximum absolute atomic E-state index is 13.0. The average molecular weight is 385 g/mol. The molecular weight excluding hydrogens is 376 g/mol. The molecule has 0 aliphatic heterocycles. The van der Waals surface area contributed by atoms with Crippen LogP contribution >= 0.6 is 33.9 Å². The van der Waals surface area contributed by atoms with Gasteiger partial charge in [-0.05, 0) is 59.0 Å². The van der Waals surface area contributed by atoms with Gasteiger partial charge in [0.1, 0.15) is 5.82 Å². The molecular formula is C13H9FIN3S. The minimum atomic E-state index is -0.243. The highest BCUT2D eigenvalue weighted by atomic mass is 127. The number of hydrogen-bond acceptors (Lipinski definition) is 4. The summed E-state index contributed by atoms with van der Waals surface area (Å²) in [5.41, 5.74) is 8.21. The van der Waals surface area contributed by atoms with Crippen LogP contribution in [0.5, 0.6) is 0 Å². The van der Waals surface area contributed by atoms with E-state index in [4.69, 9.17) is 5.73 Å². The summed E-state index contributed by atoms with van der Waals surface area (Å²) in [6.07, 6.45) is 0. The highest BCUT2D eigenvalue weighted by Crippen LogP contribution is 2.31. The van der Waals surface area contributed by atoms with Gasteiger partial charge < -0.3 is 11.1 Å². The molecule has 0 radical (unpaired) electrons. The standard InChI is InChI=1S/C13H9FIN3S/c14-7-1-3-10(9(15)5-7)17-13-18-11-4-2-8(16)6-12(11)19-13/h1-6H,16H2,(H,17,18). The van der Waals surface area contributed by atoms with Crippen LogP contribution in [0.1, 0.15) is 0 Å². The molecule has 1 aromatic heterocycles. The predicted molar refractivity (Wildman–Crippen MR) is 86.4 cm³/mol. The minimum absolute atomic E-state index is 0.243. The van der Waals surface area contributed by atoms with Gasteiger partial charge in [-0.15, -0.1) is 0 Å². The maximum Gasteiger partial charge on any atom is 0.188 e. The largest absolute Gasteiger partial charge is 0.399 e. The zero-order chi connectivity index (χ0) is 13.4. The number of nitrogens with zero attached hydrogens (tertiary/aromatic N) is 1. The van der Waals surface area contributed by atoms with Crippen molar-refractivity contribution in [2.75, 3.05) is 11.1 Å². The maximum atomic E-state index is 13.0. The van der Waals surface area contributed by atoms with Crippen LogP contribution in [-0.2, 0) is 0 Å². The van der Waals surface area contributed by atoms with Crippen LogP contribution in [0.25, 0.3) is 10.2 Å². The van der Waals surface area contributed by atoms with Crippen LogP contribution in [0.15, 0.2) is 36.4 Å². The number of hydrogen-bond donors (Lipinski definition) is 2. The molecule has 0 spiro atoms. The number of nitrogens with one attached hydrogen (secondary N) is 1. The average Bonchev–Trinajstić information content (AvgIpc) is 2.74. The number of aromatic nitrogens is 1. The Hall–Kier alpha value is -1.41. The number of anilines is 3. The zero-order valence-corrected chi connectivity index (χ0v) is 12.6. The van der Waals surface area contributed by atoms with E-state index in [1.165, 1.54) is 23.5 Å². The number of fused-ring (bicyclic) bond motifs is 1. The molecule has 3 rings (SSSR count). The van der Waals surface area contributed by atoms with Crippen LogP contribution in [0.3, 0.4) is 0 Å². The molecule has 19 heavy (non-hydrogen) atoms. The van der Waals surface area contributed by atoms with Crippen molar-refractivity contribution in [2.45, 2.75) is 0 Å². The first-order chi connectivity index (χ1) is 9.11. The number of thiazole rings is 1. The second-order valence-corrected chi connectivity index (χ2v) is 6.19. The van der Waals surface area contributed by atoms with Gasteiger partial charge in [0.2, 0.25) is 0 Å². The van der Waals surface area contributed by atoms with Crippen LogP contribution in [0, 0.1) is 9.39 Å². The summed E-state index contributed by atoms with van der Waals surface area (Å²) in [7, 11) is 0. The van der Waals surface area contributed by atoms with Crippen molar-refractivity contribution < 1.29 is 4.39 Å². The fraction of sp³-hybridized carbons (Fsp3) is 0. The SMILES string of the molecule is Nc1ccc2nc(Nc3ccc(F)cc3I)sc2c1. The molecule has 0 fully saturated rings. The van der Waals surface area contributed by atoms with E-state index in [1.54, 1.807) is 6.07 Å². The van der Waals surface area contributed by atoms with E-state index in [-0.39, 0.29) is 5.82 Å². The van der Waals surface area contributed by atoms with E-state index in [2.05, 4.69) is 32.9 Å². The van der Waals surface area contributed by atoms with Crippen molar-refractivity contribution in [1.29, 1.82) is 0 Å². The monoisotopic (exact) mass is 385 g/mol. The van der Waals surface area contributed by atoms with Crippen LogP contribution < -0.4 is 11.1 Å². The molecule has 3 aromatic rings. The number of benzene rings is 2. The third kappa shape index (κ3) is 2.64. The summed E-state index contributed by atoms with van der Waals surface area (Å²) in [5.74, 6) is -0.243. The van der Waals surface area contributed by atoms with Crippen LogP contribution in [-0.4, -0.2) is 4.98 Å². The Labute approximate surface area is 126 Å². The molecule has 0 aliphatic rings. The second kappa shape index (κ2) is 4.93. The van der Waals surface area contributed by atoms with E-state index in [1.807, 2.05) is 18.2 Å². The minimum Gasteiger partial charge on any atom is -0.399 e. The molecule has 1 heterocycles. The van der Waals surface area contributed by atoms with Gasteiger partial charge in [0, 0.05) is 9.26 Å².